The van der Waals surface area contributed by atoms with Gasteiger partial charge in [-0.05, 0) is 61.6 Å². The predicted molar refractivity (Wildman–Crippen MR) is 132 cm³/mol. The molecule has 1 atom stereocenters. The first-order chi connectivity index (χ1) is 15.0. The summed E-state index contributed by atoms with van der Waals surface area (Å²) >= 11 is 3.13. The van der Waals surface area contributed by atoms with Gasteiger partial charge in [-0.2, -0.15) is 0 Å². The van der Waals surface area contributed by atoms with E-state index in [4.69, 9.17) is 0 Å². The number of carbonyl (C=O) groups excluding carboxylic acids is 1. The maximum atomic E-state index is 13.0. The molecule has 2 heterocycles. The average Bonchev–Trinajstić information content (AvgIpc) is 3.19. The Kier molecular flexibility index (Phi) is 6.39. The highest BCUT2D eigenvalue weighted by Gasteiger charge is 2.22. The molecule has 0 spiro atoms. The summed E-state index contributed by atoms with van der Waals surface area (Å²) in [6.45, 7) is 8.30. The Balaban J connectivity index is 1.66. The average molecular weight is 448 g/mol. The van der Waals surface area contributed by atoms with E-state index in [2.05, 4.69) is 52.7 Å². The lowest BCUT2D eigenvalue weighted by molar-refractivity contribution is -0.115. The summed E-state index contributed by atoms with van der Waals surface area (Å²) in [5.41, 5.74) is 6.75. The molecule has 0 bridgehead atoms. The fourth-order valence-electron chi connectivity index (χ4n) is 3.46. The summed E-state index contributed by atoms with van der Waals surface area (Å²) in [6.07, 6.45) is 2.30. The Morgan fingerprint density at radius 2 is 1.94 bits per heavy atom. The van der Waals surface area contributed by atoms with Gasteiger partial charge in [0.15, 0.2) is 0 Å². The van der Waals surface area contributed by atoms with Gasteiger partial charge in [0.2, 0.25) is 5.91 Å². The van der Waals surface area contributed by atoms with Crippen LogP contribution < -0.4 is 5.32 Å². The zero-order valence-corrected chi connectivity index (χ0v) is 19.7. The number of rotatable bonds is 6. The van der Waals surface area contributed by atoms with E-state index < -0.39 is 0 Å². The molecular formula is C25H25N3OS2. The molecule has 1 amide bonds. The maximum Gasteiger partial charge on any atom is 0.237 e. The second kappa shape index (κ2) is 9.20. The number of nitrogens with one attached hydrogen (secondary N) is 1. The molecule has 0 aliphatic heterocycles. The van der Waals surface area contributed by atoms with Crippen molar-refractivity contribution in [2.75, 3.05) is 5.32 Å². The van der Waals surface area contributed by atoms with Gasteiger partial charge in [0.05, 0.1) is 10.6 Å². The van der Waals surface area contributed by atoms with Crippen LogP contribution in [0.3, 0.4) is 0 Å². The molecule has 31 heavy (non-hydrogen) atoms. The van der Waals surface area contributed by atoms with Gasteiger partial charge in [-0.25, -0.2) is 9.97 Å². The van der Waals surface area contributed by atoms with E-state index >= 15 is 0 Å². The number of nitrogens with zero attached hydrogens (tertiary/aromatic N) is 2. The number of benzene rings is 2. The summed E-state index contributed by atoms with van der Waals surface area (Å²) in [5, 5.41) is 6.83. The SMILES string of the molecule is CCC(Sc1ncnc2scc(-c3ccc(C)c(C)c3)c12)C(=O)Nc1cccc(C)c1. The molecule has 2 aromatic heterocycles. The second-order valence-corrected chi connectivity index (χ2v) is 9.73. The number of aromatic nitrogens is 2. The van der Waals surface area contributed by atoms with E-state index in [1.165, 1.54) is 22.9 Å². The van der Waals surface area contributed by atoms with Crippen molar-refractivity contribution < 1.29 is 4.79 Å². The van der Waals surface area contributed by atoms with Crippen molar-refractivity contribution in [2.45, 2.75) is 44.4 Å². The molecule has 4 rings (SSSR count). The molecule has 2 aromatic carbocycles. The summed E-state index contributed by atoms with van der Waals surface area (Å²) < 4.78 is 0. The van der Waals surface area contributed by atoms with Crippen LogP contribution in [0.15, 0.2) is 59.2 Å². The molecule has 1 unspecified atom stereocenters. The van der Waals surface area contributed by atoms with Crippen LogP contribution in [0, 0.1) is 20.8 Å². The van der Waals surface area contributed by atoms with Crippen molar-refractivity contribution in [1.29, 1.82) is 0 Å². The number of thioether (sulfide) groups is 1. The van der Waals surface area contributed by atoms with Crippen molar-refractivity contribution in [2.24, 2.45) is 0 Å². The minimum absolute atomic E-state index is 0.00665. The van der Waals surface area contributed by atoms with Gasteiger partial charge in [0.1, 0.15) is 16.2 Å². The number of hydrogen-bond acceptors (Lipinski definition) is 5. The lowest BCUT2D eigenvalue weighted by Gasteiger charge is -2.15. The van der Waals surface area contributed by atoms with Crippen LogP contribution in [0.5, 0.6) is 0 Å². The first-order valence-corrected chi connectivity index (χ1v) is 12.1. The van der Waals surface area contributed by atoms with Gasteiger partial charge in [-0.1, -0.05) is 49.0 Å². The van der Waals surface area contributed by atoms with Crippen LogP contribution in [-0.4, -0.2) is 21.1 Å². The van der Waals surface area contributed by atoms with Crippen molar-refractivity contribution in [3.8, 4) is 11.1 Å². The third-order valence-corrected chi connectivity index (χ3v) is 7.61. The maximum absolute atomic E-state index is 13.0. The van der Waals surface area contributed by atoms with Crippen LogP contribution >= 0.6 is 23.1 Å². The van der Waals surface area contributed by atoms with Crippen LogP contribution in [0.2, 0.25) is 0 Å². The van der Waals surface area contributed by atoms with Crippen molar-refractivity contribution >= 4 is 44.9 Å². The summed E-state index contributed by atoms with van der Waals surface area (Å²) in [6, 6.07) is 14.4. The normalized spacial score (nSPS) is 12.1. The Hall–Kier alpha value is -2.70. The minimum Gasteiger partial charge on any atom is -0.325 e. The summed E-state index contributed by atoms with van der Waals surface area (Å²) in [4.78, 5) is 23.0. The molecule has 0 aliphatic carbocycles. The topological polar surface area (TPSA) is 54.9 Å². The standard InChI is InChI=1S/C25H25N3OS2/c1-5-21(23(29)28-19-8-6-7-15(2)11-19)31-25-22-20(13-30-24(22)26-14-27-25)18-10-9-16(3)17(4)12-18/h6-14,21H,5H2,1-4H3,(H,28,29). The van der Waals surface area contributed by atoms with Gasteiger partial charge in [-0.3, -0.25) is 4.79 Å². The molecule has 1 N–H and O–H groups in total. The summed E-state index contributed by atoms with van der Waals surface area (Å²) in [5.74, 6) is -0.00665. The van der Waals surface area contributed by atoms with Crippen LogP contribution in [0.1, 0.15) is 30.0 Å². The Morgan fingerprint density at radius 3 is 2.68 bits per heavy atom. The lowest BCUT2D eigenvalue weighted by Crippen LogP contribution is -2.24. The van der Waals surface area contributed by atoms with Crippen LogP contribution in [-0.2, 0) is 4.79 Å². The molecule has 158 valence electrons. The molecule has 0 aliphatic rings. The van der Waals surface area contributed by atoms with Crippen molar-refractivity contribution in [1.82, 2.24) is 9.97 Å². The molecular weight excluding hydrogens is 422 g/mol. The number of aryl methyl sites for hydroxylation is 3. The van der Waals surface area contributed by atoms with E-state index in [0.717, 1.165) is 37.6 Å². The monoisotopic (exact) mass is 447 g/mol. The molecule has 4 nitrogen and oxygen atoms in total. The molecule has 0 fully saturated rings. The number of hydrogen-bond donors (Lipinski definition) is 1. The summed E-state index contributed by atoms with van der Waals surface area (Å²) in [7, 11) is 0. The smallest absolute Gasteiger partial charge is 0.237 e. The van der Waals surface area contributed by atoms with Crippen molar-refractivity contribution in [3.05, 3.63) is 70.9 Å². The van der Waals surface area contributed by atoms with E-state index in [1.54, 1.807) is 17.7 Å². The Labute approximate surface area is 191 Å². The quantitative estimate of drug-likeness (QED) is 0.261. The van der Waals surface area contributed by atoms with Gasteiger partial charge in [0.25, 0.3) is 0 Å². The fourth-order valence-corrected chi connectivity index (χ4v) is 5.48. The van der Waals surface area contributed by atoms with Gasteiger partial charge >= 0.3 is 0 Å². The van der Waals surface area contributed by atoms with E-state index in [0.29, 0.717) is 6.42 Å². The second-order valence-electron chi connectivity index (χ2n) is 7.68. The third kappa shape index (κ3) is 4.65. The van der Waals surface area contributed by atoms with Gasteiger partial charge < -0.3 is 5.32 Å². The van der Waals surface area contributed by atoms with Crippen LogP contribution in [0.4, 0.5) is 5.69 Å². The van der Waals surface area contributed by atoms with E-state index in [1.807, 2.05) is 38.1 Å². The largest absolute Gasteiger partial charge is 0.325 e. The van der Waals surface area contributed by atoms with E-state index in [9.17, 15) is 4.79 Å². The number of amides is 1. The number of anilines is 1. The lowest BCUT2D eigenvalue weighted by atomic mass is 10.0. The molecule has 0 saturated heterocycles. The molecule has 4 aromatic rings. The highest BCUT2D eigenvalue weighted by molar-refractivity contribution is 8.00. The number of carbonyl (C=O) groups is 1. The van der Waals surface area contributed by atoms with Crippen LogP contribution in [0.25, 0.3) is 21.3 Å². The number of fused-ring (bicyclic) bond motifs is 1. The molecule has 0 saturated carbocycles. The van der Waals surface area contributed by atoms with E-state index in [-0.39, 0.29) is 11.2 Å². The first-order valence-electron chi connectivity index (χ1n) is 10.3. The minimum atomic E-state index is -0.244. The fraction of sp³-hybridized carbons (Fsp3) is 0.240. The highest BCUT2D eigenvalue weighted by atomic mass is 32.2. The predicted octanol–water partition coefficient (Wildman–Crippen LogP) is 6.79. The van der Waals surface area contributed by atoms with Crippen molar-refractivity contribution in [3.63, 3.8) is 0 Å². The Morgan fingerprint density at radius 1 is 1.10 bits per heavy atom. The third-order valence-electron chi connectivity index (χ3n) is 5.36. The number of thiophene rings is 1. The van der Waals surface area contributed by atoms with Gasteiger partial charge in [-0.15, -0.1) is 11.3 Å². The highest BCUT2D eigenvalue weighted by Crippen LogP contribution is 2.40. The molecule has 0 radical (unpaired) electrons. The zero-order valence-electron chi connectivity index (χ0n) is 18.1. The molecule has 6 heteroatoms. The Bertz CT molecular complexity index is 1250. The zero-order chi connectivity index (χ0) is 22.0. The first kappa shape index (κ1) is 21.5. The van der Waals surface area contributed by atoms with Gasteiger partial charge in [0, 0.05) is 16.6 Å².